The van der Waals surface area contributed by atoms with Crippen LogP contribution in [0.3, 0.4) is 0 Å². The van der Waals surface area contributed by atoms with E-state index >= 15 is 0 Å². The quantitative estimate of drug-likeness (QED) is 0.486. The van der Waals surface area contributed by atoms with Gasteiger partial charge in [-0.3, -0.25) is 0 Å². The highest BCUT2D eigenvalue weighted by Gasteiger charge is 2.20. The summed E-state index contributed by atoms with van der Waals surface area (Å²) in [6, 6.07) is 3.10. The Morgan fingerprint density at radius 1 is 1.27 bits per heavy atom. The van der Waals surface area contributed by atoms with Crippen molar-refractivity contribution in [2.45, 2.75) is 13.3 Å². The number of hydrogen-bond acceptors (Lipinski definition) is 7. The highest BCUT2D eigenvalue weighted by molar-refractivity contribution is 5.93. The molecule has 22 heavy (non-hydrogen) atoms. The highest BCUT2D eigenvalue weighted by Crippen LogP contribution is 2.32. The first-order valence-corrected chi connectivity index (χ1v) is 6.85. The first-order valence-electron chi connectivity index (χ1n) is 6.85. The van der Waals surface area contributed by atoms with Crippen molar-refractivity contribution in [2.75, 3.05) is 41.0 Å². The molecule has 0 bridgehead atoms. The summed E-state index contributed by atoms with van der Waals surface area (Å²) in [5.74, 6) is 0.0989. The third-order valence-electron chi connectivity index (χ3n) is 2.71. The van der Waals surface area contributed by atoms with Gasteiger partial charge in [0.1, 0.15) is 30.6 Å². The van der Waals surface area contributed by atoms with Crippen LogP contribution in [0.1, 0.15) is 22.8 Å². The number of phenols is 1. The fraction of sp³-hybridized carbons (Fsp3) is 0.533. The lowest BCUT2D eigenvalue weighted by molar-refractivity contribution is -0.107. The second-order valence-electron chi connectivity index (χ2n) is 4.31. The van der Waals surface area contributed by atoms with Gasteiger partial charge in [-0.15, -0.1) is 0 Å². The molecule has 0 saturated heterocycles. The number of carbonyl (C=O) groups excluding carboxylic acids is 1. The molecule has 0 amide bonds. The molecule has 0 aliphatic carbocycles. The number of benzene rings is 1. The van der Waals surface area contributed by atoms with Crippen LogP contribution in [0, 0.1) is 0 Å². The molecule has 0 spiro atoms. The summed E-state index contributed by atoms with van der Waals surface area (Å²) >= 11 is 0. The molecule has 1 aromatic carbocycles. The number of rotatable bonds is 6. The molecule has 0 aromatic heterocycles. The van der Waals surface area contributed by atoms with Crippen LogP contribution < -0.4 is 4.74 Å². The van der Waals surface area contributed by atoms with Gasteiger partial charge in [0.2, 0.25) is 0 Å². The van der Waals surface area contributed by atoms with Gasteiger partial charge in [0.25, 0.3) is 0 Å². The fourth-order valence-corrected chi connectivity index (χ4v) is 1.79. The van der Waals surface area contributed by atoms with Gasteiger partial charge < -0.3 is 28.8 Å². The van der Waals surface area contributed by atoms with E-state index in [0.29, 0.717) is 25.9 Å². The van der Waals surface area contributed by atoms with Gasteiger partial charge in [0.05, 0.1) is 13.2 Å². The smallest absolute Gasteiger partial charge is 0.342 e. The number of ether oxygens (including phenoxy) is 5. The van der Waals surface area contributed by atoms with Crippen molar-refractivity contribution in [3.8, 4) is 11.5 Å². The van der Waals surface area contributed by atoms with E-state index in [1.54, 1.807) is 27.2 Å². The van der Waals surface area contributed by atoms with Crippen LogP contribution in [0.25, 0.3) is 0 Å². The maximum atomic E-state index is 11.4. The van der Waals surface area contributed by atoms with E-state index in [9.17, 15) is 9.90 Å². The van der Waals surface area contributed by atoms with Gasteiger partial charge in [-0.1, -0.05) is 0 Å². The zero-order valence-electron chi connectivity index (χ0n) is 13.1. The average molecular weight is 314 g/mol. The molecule has 0 radical (unpaired) electrons. The third-order valence-corrected chi connectivity index (χ3v) is 2.71. The minimum absolute atomic E-state index is 0.0438. The molecule has 7 nitrogen and oxygen atoms in total. The van der Waals surface area contributed by atoms with Crippen molar-refractivity contribution in [1.29, 1.82) is 0 Å². The first kappa shape index (κ1) is 18.2. The van der Waals surface area contributed by atoms with Crippen molar-refractivity contribution in [1.82, 2.24) is 0 Å². The second-order valence-corrected chi connectivity index (χ2v) is 4.31. The summed E-state index contributed by atoms with van der Waals surface area (Å²) in [5.41, 5.74) is 1.10. The van der Waals surface area contributed by atoms with E-state index in [4.69, 9.17) is 9.47 Å². The zero-order chi connectivity index (χ0) is 16.4. The number of phenolic OH excluding ortho intramolecular Hbond substituents is 1. The Morgan fingerprint density at radius 2 is 1.95 bits per heavy atom. The Morgan fingerprint density at radius 3 is 2.55 bits per heavy atom. The maximum absolute atomic E-state index is 11.4. The number of aromatic hydroxyl groups is 1. The minimum atomic E-state index is -0.520. The average Bonchev–Trinajstić information content (AvgIpc) is 2.95. The Hall–Kier alpha value is -1.83. The van der Waals surface area contributed by atoms with Crippen LogP contribution in [0.5, 0.6) is 11.5 Å². The van der Waals surface area contributed by atoms with E-state index < -0.39 is 5.97 Å². The molecule has 1 N–H and O–H groups in total. The van der Waals surface area contributed by atoms with Crippen molar-refractivity contribution >= 4 is 5.97 Å². The summed E-state index contributed by atoms with van der Waals surface area (Å²) in [6.45, 7) is 3.21. The normalized spacial score (nSPS) is 12.0. The largest absolute Gasteiger partial charge is 0.507 e. The lowest BCUT2D eigenvalue weighted by atomic mass is 10.1. The molecule has 124 valence electrons. The monoisotopic (exact) mass is 314 g/mol. The number of hydrogen-bond donors (Lipinski definition) is 1. The van der Waals surface area contributed by atoms with Crippen molar-refractivity contribution < 1.29 is 33.6 Å². The summed E-state index contributed by atoms with van der Waals surface area (Å²) in [6.07, 6.45) is 0.770. The Labute approximate surface area is 129 Å². The van der Waals surface area contributed by atoms with Crippen LogP contribution in [0.4, 0.5) is 0 Å². The Balaban J connectivity index is 0.000000295. The van der Waals surface area contributed by atoms with Gasteiger partial charge in [-0.25, -0.2) is 4.79 Å². The molecule has 1 heterocycles. The molecule has 2 rings (SSSR count). The minimum Gasteiger partial charge on any atom is -0.507 e. The van der Waals surface area contributed by atoms with Crippen molar-refractivity contribution in [3.63, 3.8) is 0 Å². The molecular weight excluding hydrogens is 292 g/mol. The summed E-state index contributed by atoms with van der Waals surface area (Å²) < 4.78 is 23.9. The molecule has 1 aliphatic rings. The van der Waals surface area contributed by atoms with Gasteiger partial charge in [-0.05, 0) is 19.1 Å². The molecule has 0 atom stereocenters. The van der Waals surface area contributed by atoms with Crippen LogP contribution in [-0.2, 0) is 25.4 Å². The molecule has 0 fully saturated rings. The predicted molar refractivity (Wildman–Crippen MR) is 78.1 cm³/mol. The van der Waals surface area contributed by atoms with E-state index in [1.807, 2.05) is 0 Å². The topological polar surface area (TPSA) is 83.5 Å². The zero-order valence-corrected chi connectivity index (χ0v) is 13.1. The fourth-order valence-electron chi connectivity index (χ4n) is 1.79. The summed E-state index contributed by atoms with van der Waals surface area (Å²) in [7, 11) is 3.13. The van der Waals surface area contributed by atoms with Gasteiger partial charge >= 0.3 is 5.97 Å². The Bertz CT molecular complexity index is 469. The maximum Gasteiger partial charge on any atom is 0.342 e. The lowest BCUT2D eigenvalue weighted by Crippen LogP contribution is -2.05. The Kier molecular flexibility index (Phi) is 8.27. The molecule has 1 aliphatic heterocycles. The summed E-state index contributed by atoms with van der Waals surface area (Å²) in [5, 5.41) is 9.62. The first-order chi connectivity index (χ1) is 10.6. The van der Waals surface area contributed by atoms with E-state index in [0.717, 1.165) is 12.0 Å². The van der Waals surface area contributed by atoms with Gasteiger partial charge in [0.15, 0.2) is 0 Å². The number of carbonyl (C=O) groups is 1. The predicted octanol–water partition coefficient (Wildman–Crippen LogP) is 1.71. The van der Waals surface area contributed by atoms with E-state index in [1.165, 1.54) is 6.07 Å². The highest BCUT2D eigenvalue weighted by atomic mass is 16.7. The number of esters is 1. The number of fused-ring (bicyclic) bond motifs is 1. The van der Waals surface area contributed by atoms with Crippen LogP contribution in [0.2, 0.25) is 0 Å². The third kappa shape index (κ3) is 5.51. The van der Waals surface area contributed by atoms with Crippen LogP contribution in [-0.4, -0.2) is 52.1 Å². The van der Waals surface area contributed by atoms with Crippen molar-refractivity contribution in [3.05, 3.63) is 23.3 Å². The summed E-state index contributed by atoms with van der Waals surface area (Å²) in [4.78, 5) is 11.4. The second kappa shape index (κ2) is 9.99. The van der Waals surface area contributed by atoms with Gasteiger partial charge in [-0.2, -0.15) is 0 Å². The molecule has 1 aromatic rings. The standard InChI is InChI=1S/C11H12O4.C4H10O3/c1-2-14-11(13)8-6-10-7(3-4-15-10)5-9(8)12;1-5-3-7-4-6-2/h5-6,12H,2-4H2,1H3;3-4H2,1-2H3. The lowest BCUT2D eigenvalue weighted by Gasteiger charge is -2.06. The molecule has 0 unspecified atom stereocenters. The van der Waals surface area contributed by atoms with Crippen LogP contribution >= 0.6 is 0 Å². The van der Waals surface area contributed by atoms with Gasteiger partial charge in [0, 0.05) is 26.2 Å². The van der Waals surface area contributed by atoms with Crippen molar-refractivity contribution in [2.24, 2.45) is 0 Å². The van der Waals surface area contributed by atoms with Crippen LogP contribution in [0.15, 0.2) is 12.1 Å². The molecular formula is C15H22O7. The molecule has 7 heteroatoms. The number of methoxy groups -OCH3 is 2. The van der Waals surface area contributed by atoms with E-state index in [-0.39, 0.29) is 17.9 Å². The molecule has 0 saturated carbocycles. The SMILES string of the molecule is CCOC(=O)c1cc2c(cc1O)CCO2.COCOCOC. The van der Waals surface area contributed by atoms with E-state index in [2.05, 4.69) is 14.2 Å².